The zero-order chi connectivity index (χ0) is 8.39. The van der Waals surface area contributed by atoms with Crippen LogP contribution in [0.3, 0.4) is 0 Å². The molecule has 1 N–H and O–H groups in total. The standard InChI is InChI=1S/C10H12FN.ClH/c11-10-4-3-9-7-12-5-1-2-8(9)6-10;/h3-4,6,12H,1-2,5,7H2;1H. The molecule has 2 rings (SSSR count). The maximum absolute atomic E-state index is 12.8. The maximum atomic E-state index is 12.8. The van der Waals surface area contributed by atoms with Gasteiger partial charge in [-0.25, -0.2) is 4.39 Å². The Hall–Kier alpha value is -0.600. The predicted molar refractivity (Wildman–Crippen MR) is 53.7 cm³/mol. The summed E-state index contributed by atoms with van der Waals surface area (Å²) < 4.78 is 12.8. The lowest BCUT2D eigenvalue weighted by atomic mass is 10.0. The smallest absolute Gasteiger partial charge is 0.123 e. The molecule has 0 radical (unpaired) electrons. The van der Waals surface area contributed by atoms with Crippen LogP contribution in [0.15, 0.2) is 18.2 Å². The van der Waals surface area contributed by atoms with Crippen LogP contribution in [0, 0.1) is 5.82 Å². The molecular formula is C10H13ClFN. The van der Waals surface area contributed by atoms with Crippen molar-refractivity contribution in [3.8, 4) is 0 Å². The Labute approximate surface area is 83.8 Å². The average Bonchev–Trinajstić information content (AvgIpc) is 2.28. The molecule has 0 spiro atoms. The summed E-state index contributed by atoms with van der Waals surface area (Å²) >= 11 is 0. The molecule has 1 aromatic rings. The lowest BCUT2D eigenvalue weighted by Gasteiger charge is -2.03. The van der Waals surface area contributed by atoms with Gasteiger partial charge in [-0.1, -0.05) is 6.07 Å². The fraction of sp³-hybridized carbons (Fsp3) is 0.400. The van der Waals surface area contributed by atoms with Crippen LogP contribution in [-0.2, 0) is 13.0 Å². The van der Waals surface area contributed by atoms with E-state index in [0.29, 0.717) is 0 Å². The number of rotatable bonds is 0. The second-order valence-electron chi connectivity index (χ2n) is 3.19. The minimum absolute atomic E-state index is 0. The van der Waals surface area contributed by atoms with Crippen molar-refractivity contribution in [2.24, 2.45) is 0 Å². The summed E-state index contributed by atoms with van der Waals surface area (Å²) in [5.41, 5.74) is 2.41. The van der Waals surface area contributed by atoms with Crippen LogP contribution in [0.2, 0.25) is 0 Å². The number of benzene rings is 1. The van der Waals surface area contributed by atoms with Crippen molar-refractivity contribution in [1.82, 2.24) is 5.32 Å². The molecule has 0 fully saturated rings. The van der Waals surface area contributed by atoms with Gasteiger partial charge in [-0.15, -0.1) is 12.4 Å². The molecule has 0 atom stereocenters. The van der Waals surface area contributed by atoms with Gasteiger partial charge in [0.05, 0.1) is 0 Å². The molecule has 13 heavy (non-hydrogen) atoms. The lowest BCUT2D eigenvalue weighted by Crippen LogP contribution is -2.11. The van der Waals surface area contributed by atoms with E-state index in [9.17, 15) is 4.39 Å². The minimum Gasteiger partial charge on any atom is -0.313 e. The van der Waals surface area contributed by atoms with Gasteiger partial charge in [0.25, 0.3) is 0 Å². The fourth-order valence-electron chi connectivity index (χ4n) is 1.63. The third kappa shape index (κ3) is 2.42. The van der Waals surface area contributed by atoms with Gasteiger partial charge >= 0.3 is 0 Å². The maximum Gasteiger partial charge on any atom is 0.123 e. The van der Waals surface area contributed by atoms with E-state index in [1.807, 2.05) is 6.07 Å². The summed E-state index contributed by atoms with van der Waals surface area (Å²) in [5, 5.41) is 3.30. The van der Waals surface area contributed by atoms with E-state index in [0.717, 1.165) is 25.9 Å². The highest BCUT2D eigenvalue weighted by molar-refractivity contribution is 5.85. The fourth-order valence-corrected chi connectivity index (χ4v) is 1.63. The lowest BCUT2D eigenvalue weighted by molar-refractivity contribution is 0.624. The first-order valence-corrected chi connectivity index (χ1v) is 4.34. The number of halogens is 2. The van der Waals surface area contributed by atoms with Crippen LogP contribution in [0.5, 0.6) is 0 Å². The van der Waals surface area contributed by atoms with Gasteiger partial charge in [-0.2, -0.15) is 0 Å². The minimum atomic E-state index is -0.115. The van der Waals surface area contributed by atoms with Crippen molar-refractivity contribution in [3.63, 3.8) is 0 Å². The number of nitrogens with one attached hydrogen (secondary N) is 1. The Kier molecular flexibility index (Phi) is 3.70. The highest BCUT2D eigenvalue weighted by Crippen LogP contribution is 2.15. The van der Waals surface area contributed by atoms with Crippen LogP contribution in [0.25, 0.3) is 0 Å². The molecule has 0 amide bonds. The largest absolute Gasteiger partial charge is 0.313 e. The summed E-state index contributed by atoms with van der Waals surface area (Å²) in [6.07, 6.45) is 2.11. The molecular weight excluding hydrogens is 189 g/mol. The zero-order valence-electron chi connectivity index (χ0n) is 7.35. The Bertz CT molecular complexity index is 288. The molecule has 1 aliphatic rings. The Morgan fingerprint density at radius 1 is 1.23 bits per heavy atom. The van der Waals surface area contributed by atoms with Gasteiger partial charge in [0.2, 0.25) is 0 Å². The van der Waals surface area contributed by atoms with Crippen molar-refractivity contribution in [2.75, 3.05) is 6.54 Å². The quantitative estimate of drug-likeness (QED) is 0.679. The summed E-state index contributed by atoms with van der Waals surface area (Å²) in [7, 11) is 0. The summed E-state index contributed by atoms with van der Waals surface area (Å²) in [5.74, 6) is -0.115. The highest BCUT2D eigenvalue weighted by Gasteiger charge is 2.06. The molecule has 0 aromatic heterocycles. The first-order chi connectivity index (χ1) is 5.86. The van der Waals surface area contributed by atoms with Crippen LogP contribution >= 0.6 is 12.4 Å². The first kappa shape index (κ1) is 10.5. The molecule has 72 valence electrons. The van der Waals surface area contributed by atoms with E-state index in [1.54, 1.807) is 6.07 Å². The third-order valence-corrected chi connectivity index (χ3v) is 2.28. The Morgan fingerprint density at radius 3 is 2.92 bits per heavy atom. The zero-order valence-corrected chi connectivity index (χ0v) is 8.16. The van der Waals surface area contributed by atoms with Crippen molar-refractivity contribution < 1.29 is 4.39 Å². The molecule has 0 saturated carbocycles. The van der Waals surface area contributed by atoms with Crippen molar-refractivity contribution in [3.05, 3.63) is 35.1 Å². The molecule has 1 nitrogen and oxygen atoms in total. The van der Waals surface area contributed by atoms with Crippen LogP contribution in [0.1, 0.15) is 17.5 Å². The third-order valence-electron chi connectivity index (χ3n) is 2.28. The van der Waals surface area contributed by atoms with E-state index in [-0.39, 0.29) is 18.2 Å². The molecule has 1 heterocycles. The van der Waals surface area contributed by atoms with Crippen molar-refractivity contribution >= 4 is 12.4 Å². The van der Waals surface area contributed by atoms with E-state index in [4.69, 9.17) is 0 Å². The number of hydrogen-bond donors (Lipinski definition) is 1. The van der Waals surface area contributed by atoms with Gasteiger partial charge in [-0.3, -0.25) is 0 Å². The second-order valence-corrected chi connectivity index (χ2v) is 3.19. The summed E-state index contributed by atoms with van der Waals surface area (Å²) in [6, 6.07) is 5.07. The van der Waals surface area contributed by atoms with E-state index in [1.165, 1.54) is 17.2 Å². The van der Waals surface area contributed by atoms with Gasteiger partial charge in [0.15, 0.2) is 0 Å². The molecule has 0 unspecified atom stereocenters. The monoisotopic (exact) mass is 201 g/mol. The molecule has 0 bridgehead atoms. The van der Waals surface area contributed by atoms with Crippen LogP contribution < -0.4 is 5.32 Å². The predicted octanol–water partition coefficient (Wildman–Crippen LogP) is 2.28. The topological polar surface area (TPSA) is 12.0 Å². The SMILES string of the molecule is Cl.Fc1ccc2c(c1)CCCNC2. The first-order valence-electron chi connectivity index (χ1n) is 4.34. The van der Waals surface area contributed by atoms with Gasteiger partial charge < -0.3 is 5.32 Å². The molecule has 3 heteroatoms. The number of aryl methyl sites for hydroxylation is 1. The van der Waals surface area contributed by atoms with Crippen LogP contribution in [0.4, 0.5) is 4.39 Å². The van der Waals surface area contributed by atoms with E-state index >= 15 is 0 Å². The molecule has 1 aliphatic heterocycles. The Morgan fingerprint density at radius 2 is 2.08 bits per heavy atom. The summed E-state index contributed by atoms with van der Waals surface area (Å²) in [4.78, 5) is 0. The van der Waals surface area contributed by atoms with Gasteiger partial charge in [0, 0.05) is 6.54 Å². The number of fused-ring (bicyclic) bond motifs is 1. The van der Waals surface area contributed by atoms with E-state index < -0.39 is 0 Å². The summed E-state index contributed by atoms with van der Waals surface area (Å²) in [6.45, 7) is 1.92. The van der Waals surface area contributed by atoms with Crippen molar-refractivity contribution in [2.45, 2.75) is 19.4 Å². The average molecular weight is 202 g/mol. The molecule has 1 aromatic carbocycles. The van der Waals surface area contributed by atoms with Gasteiger partial charge in [-0.05, 0) is 42.6 Å². The van der Waals surface area contributed by atoms with Crippen molar-refractivity contribution in [1.29, 1.82) is 0 Å². The second kappa shape index (κ2) is 4.58. The molecule has 0 aliphatic carbocycles. The number of hydrogen-bond acceptors (Lipinski definition) is 1. The normalized spacial score (nSPS) is 15.5. The highest BCUT2D eigenvalue weighted by atomic mass is 35.5. The molecule has 0 saturated heterocycles. The van der Waals surface area contributed by atoms with E-state index in [2.05, 4.69) is 5.32 Å². The Balaban J connectivity index is 0.000000845. The van der Waals surface area contributed by atoms with Crippen LogP contribution in [-0.4, -0.2) is 6.54 Å². The van der Waals surface area contributed by atoms with Gasteiger partial charge in [0.1, 0.15) is 5.82 Å².